The number of rotatable bonds is 5. The van der Waals surface area contributed by atoms with Crippen molar-refractivity contribution < 1.29 is 14.0 Å². The van der Waals surface area contributed by atoms with Crippen molar-refractivity contribution in [3.8, 4) is 0 Å². The lowest BCUT2D eigenvalue weighted by atomic mass is 9.79. The second kappa shape index (κ2) is 8.76. The summed E-state index contributed by atoms with van der Waals surface area (Å²) in [7, 11) is 0. The molecule has 3 amide bonds. The first-order valence-corrected chi connectivity index (χ1v) is 11.7. The molecule has 0 unspecified atom stereocenters. The molecule has 0 bridgehead atoms. The number of aryl methyl sites for hydroxylation is 1. The molecular weight excluding hydrogens is 433 g/mol. The Morgan fingerprint density at radius 2 is 1.65 bits per heavy atom. The number of imide groups is 1. The first-order valence-electron chi connectivity index (χ1n) is 11.7. The molecule has 1 aromatic heterocycles. The van der Waals surface area contributed by atoms with Gasteiger partial charge in [0, 0.05) is 6.54 Å². The third-order valence-corrected chi connectivity index (χ3v) is 7.18. The molecule has 8 heteroatoms. The minimum atomic E-state index is -0.929. The van der Waals surface area contributed by atoms with E-state index in [1.165, 1.54) is 17.0 Å². The molecule has 176 valence electrons. The number of carbonyl (C=O) groups excluding carboxylic acids is 2. The lowest BCUT2D eigenvalue weighted by Crippen LogP contribution is -2.53. The Morgan fingerprint density at radius 1 is 1.00 bits per heavy atom. The normalized spacial score (nSPS) is 21.9. The number of para-hydroxylation sites is 2. The molecule has 2 aromatic carbocycles. The average Bonchev–Trinajstić information content (AvgIpc) is 3.05. The molecule has 5 rings (SSSR count). The van der Waals surface area contributed by atoms with E-state index < -0.39 is 5.54 Å². The molecule has 1 N–H and O–H groups in total. The number of benzene rings is 2. The van der Waals surface area contributed by atoms with Crippen molar-refractivity contribution in [3.63, 3.8) is 0 Å². The highest BCUT2D eigenvalue weighted by Gasteiger charge is 2.52. The maximum Gasteiger partial charge on any atom is 0.325 e. The van der Waals surface area contributed by atoms with E-state index in [0.717, 1.165) is 53.9 Å². The molecule has 2 aliphatic heterocycles. The third-order valence-electron chi connectivity index (χ3n) is 7.18. The summed E-state index contributed by atoms with van der Waals surface area (Å²) in [5.41, 5.74) is 3.49. The highest BCUT2D eigenvalue weighted by Crippen LogP contribution is 2.34. The molecule has 0 spiro atoms. The van der Waals surface area contributed by atoms with Crippen molar-refractivity contribution in [2.24, 2.45) is 5.92 Å². The fourth-order valence-electron chi connectivity index (χ4n) is 5.06. The number of piperidine rings is 1. The lowest BCUT2D eigenvalue weighted by Gasteiger charge is -2.38. The number of aromatic nitrogens is 2. The van der Waals surface area contributed by atoms with Crippen molar-refractivity contribution in [1.29, 1.82) is 0 Å². The van der Waals surface area contributed by atoms with E-state index in [9.17, 15) is 14.0 Å². The summed E-state index contributed by atoms with van der Waals surface area (Å²) < 4.78 is 13.2. The van der Waals surface area contributed by atoms with Crippen molar-refractivity contribution in [2.45, 2.75) is 45.3 Å². The number of nitrogens with zero attached hydrogens (tertiary/aromatic N) is 4. The number of carbonyl (C=O) groups is 2. The Labute approximate surface area is 198 Å². The van der Waals surface area contributed by atoms with Gasteiger partial charge in [-0.2, -0.15) is 0 Å². The zero-order chi connectivity index (χ0) is 23.9. The molecule has 2 aliphatic rings. The van der Waals surface area contributed by atoms with Crippen molar-refractivity contribution in [3.05, 3.63) is 71.3 Å². The minimum absolute atomic E-state index is 0.0437. The van der Waals surface area contributed by atoms with Crippen LogP contribution in [-0.4, -0.2) is 50.3 Å². The SMILES string of the molecule is Cc1nc2ccccc2nc1CN1CCC([C@@]2(C)NC(=O)N(Cc3ccc(F)cc3)C2=O)CC1. The lowest BCUT2D eigenvalue weighted by molar-refractivity contribution is -0.133. The topological polar surface area (TPSA) is 78.4 Å². The van der Waals surface area contributed by atoms with Gasteiger partial charge in [-0.05, 0) is 75.5 Å². The summed E-state index contributed by atoms with van der Waals surface area (Å²) in [4.78, 5) is 39.0. The molecule has 0 radical (unpaired) electrons. The standard InChI is InChI=1S/C26H28FN5O2/c1-17-23(29-22-6-4-3-5-21(22)28-17)16-31-13-11-19(12-14-31)26(2)24(33)32(25(34)30-26)15-18-7-9-20(27)10-8-18/h3-10,19H,11-16H2,1-2H3,(H,30,34)/t26-/m1/s1. The van der Waals surface area contributed by atoms with Gasteiger partial charge >= 0.3 is 6.03 Å². The number of fused-ring (bicyclic) bond motifs is 1. The molecule has 34 heavy (non-hydrogen) atoms. The fourth-order valence-corrected chi connectivity index (χ4v) is 5.06. The first kappa shape index (κ1) is 22.4. The van der Waals surface area contributed by atoms with Gasteiger partial charge in [-0.1, -0.05) is 24.3 Å². The molecular formula is C26H28FN5O2. The van der Waals surface area contributed by atoms with Crippen molar-refractivity contribution >= 4 is 23.0 Å². The predicted octanol–water partition coefficient (Wildman–Crippen LogP) is 3.80. The largest absolute Gasteiger partial charge is 0.325 e. The maximum atomic E-state index is 13.3. The Morgan fingerprint density at radius 3 is 2.32 bits per heavy atom. The monoisotopic (exact) mass is 461 g/mol. The van der Waals surface area contributed by atoms with Crippen LogP contribution in [-0.2, 0) is 17.9 Å². The Balaban J connectivity index is 1.23. The minimum Gasteiger partial charge on any atom is -0.323 e. The van der Waals surface area contributed by atoms with E-state index in [4.69, 9.17) is 4.98 Å². The number of hydrogen-bond donors (Lipinski definition) is 1. The van der Waals surface area contributed by atoms with Crippen LogP contribution in [0.5, 0.6) is 0 Å². The van der Waals surface area contributed by atoms with E-state index in [1.807, 2.05) is 38.1 Å². The number of urea groups is 1. The molecule has 0 aliphatic carbocycles. The third kappa shape index (κ3) is 4.14. The van der Waals surface area contributed by atoms with Gasteiger partial charge in [0.2, 0.25) is 0 Å². The van der Waals surface area contributed by atoms with Gasteiger partial charge in [-0.15, -0.1) is 0 Å². The van der Waals surface area contributed by atoms with Crippen LogP contribution in [0.3, 0.4) is 0 Å². The van der Waals surface area contributed by atoms with Crippen molar-refractivity contribution in [1.82, 2.24) is 25.1 Å². The van der Waals surface area contributed by atoms with Gasteiger partial charge in [0.1, 0.15) is 11.4 Å². The predicted molar refractivity (Wildman–Crippen MR) is 126 cm³/mol. The Hall–Kier alpha value is -3.39. The van der Waals surface area contributed by atoms with Crippen LogP contribution in [0.4, 0.5) is 9.18 Å². The van der Waals surface area contributed by atoms with Gasteiger partial charge in [-0.3, -0.25) is 14.6 Å². The van der Waals surface area contributed by atoms with Crippen LogP contribution >= 0.6 is 0 Å². The summed E-state index contributed by atoms with van der Waals surface area (Å²) in [6.45, 7) is 6.30. The molecule has 2 fully saturated rings. The number of amides is 3. The van der Waals surface area contributed by atoms with Gasteiger partial charge in [0.25, 0.3) is 5.91 Å². The van der Waals surface area contributed by atoms with Gasteiger partial charge in [0.15, 0.2) is 0 Å². The average molecular weight is 462 g/mol. The zero-order valence-electron chi connectivity index (χ0n) is 19.4. The fraction of sp³-hybridized carbons (Fsp3) is 0.385. The zero-order valence-corrected chi connectivity index (χ0v) is 19.4. The molecule has 7 nitrogen and oxygen atoms in total. The summed E-state index contributed by atoms with van der Waals surface area (Å²) >= 11 is 0. The second-order valence-electron chi connectivity index (χ2n) is 9.45. The summed E-state index contributed by atoms with van der Waals surface area (Å²) in [5, 5.41) is 2.95. The summed E-state index contributed by atoms with van der Waals surface area (Å²) in [5.74, 6) is -0.513. The van der Waals surface area contributed by atoms with Gasteiger partial charge < -0.3 is 5.32 Å². The van der Waals surface area contributed by atoms with Crippen LogP contribution in [0.1, 0.15) is 36.7 Å². The smallest absolute Gasteiger partial charge is 0.323 e. The van der Waals surface area contributed by atoms with E-state index >= 15 is 0 Å². The molecule has 3 heterocycles. The van der Waals surface area contributed by atoms with E-state index in [-0.39, 0.29) is 30.2 Å². The van der Waals surface area contributed by atoms with E-state index in [1.54, 1.807) is 12.1 Å². The quantitative estimate of drug-likeness (QED) is 0.585. The molecule has 1 atom stereocenters. The highest BCUT2D eigenvalue weighted by atomic mass is 19.1. The van der Waals surface area contributed by atoms with Crippen LogP contribution in [0.2, 0.25) is 0 Å². The summed E-state index contributed by atoms with van der Waals surface area (Å²) in [6, 6.07) is 13.4. The Kier molecular flexibility index (Phi) is 5.77. The number of halogens is 1. The van der Waals surface area contributed by atoms with Gasteiger partial charge in [0.05, 0.1) is 29.0 Å². The Bertz CT molecular complexity index is 1240. The van der Waals surface area contributed by atoms with E-state index in [0.29, 0.717) is 6.54 Å². The highest BCUT2D eigenvalue weighted by molar-refractivity contribution is 6.07. The van der Waals surface area contributed by atoms with E-state index in [2.05, 4.69) is 15.2 Å². The van der Waals surface area contributed by atoms with Crippen LogP contribution in [0.25, 0.3) is 11.0 Å². The van der Waals surface area contributed by atoms with Crippen LogP contribution in [0.15, 0.2) is 48.5 Å². The number of nitrogens with one attached hydrogen (secondary N) is 1. The first-order chi connectivity index (χ1) is 16.3. The molecule has 3 aromatic rings. The molecule has 2 saturated heterocycles. The maximum absolute atomic E-state index is 13.3. The summed E-state index contributed by atoms with van der Waals surface area (Å²) in [6.07, 6.45) is 1.60. The van der Waals surface area contributed by atoms with Crippen LogP contribution < -0.4 is 5.32 Å². The number of likely N-dealkylation sites (tertiary alicyclic amines) is 1. The van der Waals surface area contributed by atoms with Gasteiger partial charge in [-0.25, -0.2) is 19.2 Å². The van der Waals surface area contributed by atoms with Crippen LogP contribution in [0, 0.1) is 18.7 Å². The van der Waals surface area contributed by atoms with Crippen molar-refractivity contribution in [2.75, 3.05) is 13.1 Å². The second-order valence-corrected chi connectivity index (χ2v) is 9.45. The number of hydrogen-bond acceptors (Lipinski definition) is 5. The molecule has 0 saturated carbocycles.